The number of benzene rings is 1. The second-order valence-corrected chi connectivity index (χ2v) is 3.95. The van der Waals surface area contributed by atoms with E-state index in [1.165, 1.54) is 0 Å². The first-order chi connectivity index (χ1) is 9.19. The van der Waals surface area contributed by atoms with Gasteiger partial charge in [0, 0.05) is 19.5 Å². The van der Waals surface area contributed by atoms with Crippen LogP contribution in [0.4, 0.5) is 5.69 Å². The van der Waals surface area contributed by atoms with Crippen LogP contribution in [0, 0.1) is 0 Å². The van der Waals surface area contributed by atoms with Crippen LogP contribution in [0.5, 0.6) is 0 Å². The van der Waals surface area contributed by atoms with Crippen LogP contribution in [0.15, 0.2) is 36.9 Å². The van der Waals surface area contributed by atoms with Crippen molar-refractivity contribution in [3.8, 4) is 0 Å². The number of carbonyl (C=O) groups excluding carboxylic acids is 2. The number of rotatable bonds is 7. The van der Waals surface area contributed by atoms with E-state index in [2.05, 4.69) is 22.5 Å². The third kappa shape index (κ3) is 5.86. The maximum absolute atomic E-state index is 11.9. The van der Waals surface area contributed by atoms with Gasteiger partial charge < -0.3 is 16.0 Å². The maximum Gasteiger partial charge on any atom is 0.253 e. The molecule has 0 aliphatic heterocycles. The molecule has 0 spiro atoms. The van der Waals surface area contributed by atoms with Crippen molar-refractivity contribution in [2.75, 3.05) is 25.5 Å². The second kappa shape index (κ2) is 10.00. The number of para-hydroxylation sites is 1. The topological polar surface area (TPSA) is 70.2 Å². The van der Waals surface area contributed by atoms with E-state index in [0.29, 0.717) is 30.8 Å². The number of anilines is 1. The van der Waals surface area contributed by atoms with Gasteiger partial charge in [-0.2, -0.15) is 0 Å². The SMILES string of the molecule is C=CCNC(=O)c1ccccc1NC(=O)CCNC.Cl. The molecule has 0 unspecified atom stereocenters. The van der Waals surface area contributed by atoms with Gasteiger partial charge in [0.2, 0.25) is 5.91 Å². The third-order valence-corrected chi connectivity index (χ3v) is 2.45. The van der Waals surface area contributed by atoms with E-state index >= 15 is 0 Å². The van der Waals surface area contributed by atoms with Crippen LogP contribution in [0.25, 0.3) is 0 Å². The molecule has 0 saturated carbocycles. The molecule has 0 aliphatic rings. The Bertz CT molecular complexity index is 463. The lowest BCUT2D eigenvalue weighted by atomic mass is 10.1. The van der Waals surface area contributed by atoms with Crippen LogP contribution in [-0.2, 0) is 4.79 Å². The van der Waals surface area contributed by atoms with E-state index < -0.39 is 0 Å². The molecule has 6 heteroatoms. The zero-order valence-corrected chi connectivity index (χ0v) is 12.3. The minimum atomic E-state index is -0.232. The first-order valence-electron chi connectivity index (χ1n) is 6.11. The molecule has 0 bridgehead atoms. The second-order valence-electron chi connectivity index (χ2n) is 3.95. The lowest BCUT2D eigenvalue weighted by Crippen LogP contribution is -2.25. The summed E-state index contributed by atoms with van der Waals surface area (Å²) in [5.41, 5.74) is 0.965. The number of hydrogen-bond donors (Lipinski definition) is 3. The van der Waals surface area contributed by atoms with Gasteiger partial charge in [-0.25, -0.2) is 0 Å². The number of nitrogens with one attached hydrogen (secondary N) is 3. The number of carbonyl (C=O) groups is 2. The van der Waals surface area contributed by atoms with Crippen LogP contribution < -0.4 is 16.0 Å². The maximum atomic E-state index is 11.9. The normalized spacial score (nSPS) is 9.25. The summed E-state index contributed by atoms with van der Waals surface area (Å²) in [4.78, 5) is 23.6. The standard InChI is InChI=1S/C14H19N3O2.ClH/c1-3-9-16-14(19)11-6-4-5-7-12(11)17-13(18)8-10-15-2;/h3-7,15H,1,8-10H2,2H3,(H,16,19)(H,17,18);1H. The van der Waals surface area contributed by atoms with Crippen molar-refractivity contribution in [1.82, 2.24) is 10.6 Å². The summed E-state index contributed by atoms with van der Waals surface area (Å²) in [6, 6.07) is 6.91. The molecule has 1 aromatic carbocycles. The molecule has 1 aromatic rings. The molecule has 1 rings (SSSR count). The molecule has 0 fully saturated rings. The molecule has 110 valence electrons. The smallest absolute Gasteiger partial charge is 0.253 e. The zero-order chi connectivity index (χ0) is 14.1. The van der Waals surface area contributed by atoms with E-state index in [1.54, 1.807) is 37.4 Å². The van der Waals surface area contributed by atoms with Gasteiger partial charge in [0.15, 0.2) is 0 Å². The molecule has 0 saturated heterocycles. The fourth-order valence-corrected chi connectivity index (χ4v) is 1.50. The summed E-state index contributed by atoms with van der Waals surface area (Å²) >= 11 is 0. The Morgan fingerprint density at radius 2 is 2.00 bits per heavy atom. The summed E-state index contributed by atoms with van der Waals surface area (Å²) in [6.45, 7) is 4.52. The fourth-order valence-electron chi connectivity index (χ4n) is 1.50. The highest BCUT2D eigenvalue weighted by Crippen LogP contribution is 2.15. The summed E-state index contributed by atoms with van der Waals surface area (Å²) in [5.74, 6) is -0.359. The van der Waals surface area contributed by atoms with E-state index in [9.17, 15) is 9.59 Å². The Kier molecular flexibility index (Phi) is 9.07. The van der Waals surface area contributed by atoms with Gasteiger partial charge in [-0.1, -0.05) is 18.2 Å². The molecule has 0 aliphatic carbocycles. The van der Waals surface area contributed by atoms with Crippen LogP contribution in [0.3, 0.4) is 0 Å². The van der Waals surface area contributed by atoms with Gasteiger partial charge in [0.05, 0.1) is 11.3 Å². The quantitative estimate of drug-likeness (QED) is 0.669. The van der Waals surface area contributed by atoms with Gasteiger partial charge in [0.25, 0.3) is 5.91 Å². The lowest BCUT2D eigenvalue weighted by molar-refractivity contribution is -0.116. The number of halogens is 1. The first kappa shape index (κ1) is 18.1. The Labute approximate surface area is 125 Å². The van der Waals surface area contributed by atoms with Crippen molar-refractivity contribution in [1.29, 1.82) is 0 Å². The average molecular weight is 298 g/mol. The molecule has 3 N–H and O–H groups in total. The van der Waals surface area contributed by atoms with Crippen molar-refractivity contribution < 1.29 is 9.59 Å². The Balaban J connectivity index is 0.00000361. The van der Waals surface area contributed by atoms with Crippen LogP contribution in [-0.4, -0.2) is 32.0 Å². The van der Waals surface area contributed by atoms with Crippen molar-refractivity contribution in [2.24, 2.45) is 0 Å². The monoisotopic (exact) mass is 297 g/mol. The van der Waals surface area contributed by atoms with Crippen LogP contribution in [0.1, 0.15) is 16.8 Å². The molecule has 0 atom stereocenters. The molecule has 20 heavy (non-hydrogen) atoms. The van der Waals surface area contributed by atoms with Crippen LogP contribution >= 0.6 is 12.4 Å². The zero-order valence-electron chi connectivity index (χ0n) is 11.4. The third-order valence-electron chi connectivity index (χ3n) is 2.45. The highest BCUT2D eigenvalue weighted by molar-refractivity contribution is 6.03. The van der Waals surface area contributed by atoms with Crippen molar-refractivity contribution in [3.05, 3.63) is 42.5 Å². The van der Waals surface area contributed by atoms with E-state index in [0.717, 1.165) is 0 Å². The molecule has 2 amide bonds. The minimum Gasteiger partial charge on any atom is -0.349 e. The van der Waals surface area contributed by atoms with E-state index in [1.807, 2.05) is 0 Å². The van der Waals surface area contributed by atoms with E-state index in [-0.39, 0.29) is 24.2 Å². The predicted molar refractivity (Wildman–Crippen MR) is 83.4 cm³/mol. The first-order valence-corrected chi connectivity index (χ1v) is 6.11. The molecular weight excluding hydrogens is 278 g/mol. The van der Waals surface area contributed by atoms with Gasteiger partial charge in [-0.3, -0.25) is 9.59 Å². The molecular formula is C14H20ClN3O2. The average Bonchev–Trinajstić information content (AvgIpc) is 2.43. The van der Waals surface area contributed by atoms with Gasteiger partial charge >= 0.3 is 0 Å². The summed E-state index contributed by atoms with van der Waals surface area (Å²) < 4.78 is 0. The molecule has 0 radical (unpaired) electrons. The predicted octanol–water partition coefficient (Wildman–Crippen LogP) is 1.57. The van der Waals surface area contributed by atoms with Gasteiger partial charge in [0.1, 0.15) is 0 Å². The Morgan fingerprint density at radius 3 is 2.65 bits per heavy atom. The van der Waals surface area contributed by atoms with Crippen LogP contribution in [0.2, 0.25) is 0 Å². The Hall–Kier alpha value is -1.85. The lowest BCUT2D eigenvalue weighted by Gasteiger charge is -2.10. The Morgan fingerprint density at radius 1 is 1.30 bits per heavy atom. The minimum absolute atomic E-state index is 0. The van der Waals surface area contributed by atoms with Crippen molar-refractivity contribution in [3.63, 3.8) is 0 Å². The van der Waals surface area contributed by atoms with Crippen molar-refractivity contribution in [2.45, 2.75) is 6.42 Å². The summed E-state index contributed by atoms with van der Waals surface area (Å²) in [6.07, 6.45) is 1.96. The number of amides is 2. The highest BCUT2D eigenvalue weighted by atomic mass is 35.5. The highest BCUT2D eigenvalue weighted by Gasteiger charge is 2.11. The summed E-state index contributed by atoms with van der Waals surface area (Å²) in [7, 11) is 1.78. The molecule has 5 nitrogen and oxygen atoms in total. The molecule has 0 aromatic heterocycles. The van der Waals surface area contributed by atoms with Gasteiger partial charge in [-0.15, -0.1) is 19.0 Å². The largest absolute Gasteiger partial charge is 0.349 e. The summed E-state index contributed by atoms with van der Waals surface area (Å²) in [5, 5.41) is 8.32. The van der Waals surface area contributed by atoms with Gasteiger partial charge in [-0.05, 0) is 19.2 Å². The van der Waals surface area contributed by atoms with E-state index in [4.69, 9.17) is 0 Å². The number of hydrogen-bond acceptors (Lipinski definition) is 3. The van der Waals surface area contributed by atoms with Crippen molar-refractivity contribution >= 4 is 29.9 Å². The molecule has 0 heterocycles. The fraction of sp³-hybridized carbons (Fsp3) is 0.286.